The number of carbonyl (C=O) groups is 2. The molecule has 3 heterocycles. The fourth-order valence-corrected chi connectivity index (χ4v) is 2.91. The van der Waals surface area contributed by atoms with Gasteiger partial charge in [-0.1, -0.05) is 0 Å². The van der Waals surface area contributed by atoms with E-state index in [0.29, 0.717) is 19.4 Å². The quantitative estimate of drug-likeness (QED) is 0.827. The van der Waals surface area contributed by atoms with E-state index in [1.54, 1.807) is 17.2 Å². The van der Waals surface area contributed by atoms with Gasteiger partial charge in [0.2, 0.25) is 11.8 Å². The van der Waals surface area contributed by atoms with Gasteiger partial charge in [0.05, 0.1) is 12.8 Å². The second-order valence-electron chi connectivity index (χ2n) is 5.19. The third kappa shape index (κ3) is 2.37. The van der Waals surface area contributed by atoms with Crippen LogP contribution in [0.25, 0.3) is 0 Å². The molecule has 1 aromatic heterocycles. The Kier molecular flexibility index (Phi) is 3.27. The van der Waals surface area contributed by atoms with Crippen LogP contribution in [0.5, 0.6) is 0 Å². The van der Waals surface area contributed by atoms with Crippen molar-refractivity contribution < 1.29 is 14.0 Å². The van der Waals surface area contributed by atoms with Gasteiger partial charge in [-0.2, -0.15) is 0 Å². The average molecular weight is 262 g/mol. The second kappa shape index (κ2) is 5.07. The topological polar surface area (TPSA) is 53.8 Å². The minimum atomic E-state index is -0.296. The largest absolute Gasteiger partial charge is 0.467 e. The van der Waals surface area contributed by atoms with Gasteiger partial charge in [-0.15, -0.1) is 0 Å². The van der Waals surface area contributed by atoms with E-state index < -0.39 is 0 Å². The van der Waals surface area contributed by atoms with Gasteiger partial charge in [-0.3, -0.25) is 9.59 Å². The fourth-order valence-electron chi connectivity index (χ4n) is 2.91. The molecule has 0 saturated carbocycles. The van der Waals surface area contributed by atoms with Crippen LogP contribution in [0.4, 0.5) is 0 Å². The summed E-state index contributed by atoms with van der Waals surface area (Å²) in [5.74, 6) is 0.887. The van der Waals surface area contributed by atoms with Gasteiger partial charge in [-0.25, -0.2) is 0 Å². The summed E-state index contributed by atoms with van der Waals surface area (Å²) in [4.78, 5) is 27.9. The summed E-state index contributed by atoms with van der Waals surface area (Å²) < 4.78 is 5.28. The van der Waals surface area contributed by atoms with Crippen LogP contribution in [-0.4, -0.2) is 40.7 Å². The molecular weight excluding hydrogens is 244 g/mol. The summed E-state index contributed by atoms with van der Waals surface area (Å²) >= 11 is 0. The van der Waals surface area contributed by atoms with Crippen LogP contribution < -0.4 is 0 Å². The molecule has 2 saturated heterocycles. The smallest absolute Gasteiger partial charge is 0.245 e. The minimum Gasteiger partial charge on any atom is -0.467 e. The van der Waals surface area contributed by atoms with Gasteiger partial charge < -0.3 is 14.2 Å². The molecule has 0 radical (unpaired) electrons. The van der Waals surface area contributed by atoms with Crippen molar-refractivity contribution in [1.82, 2.24) is 9.80 Å². The first-order chi connectivity index (χ1) is 9.25. The highest BCUT2D eigenvalue weighted by Gasteiger charge is 2.38. The number of carbonyl (C=O) groups excluding carboxylic acids is 2. The van der Waals surface area contributed by atoms with E-state index in [9.17, 15) is 9.59 Å². The number of likely N-dealkylation sites (tertiary alicyclic amines) is 2. The number of furan rings is 1. The Balaban J connectivity index is 1.72. The van der Waals surface area contributed by atoms with Crippen LogP contribution in [-0.2, 0) is 16.1 Å². The first-order valence-electron chi connectivity index (χ1n) is 6.86. The molecule has 1 atom stereocenters. The average Bonchev–Trinajstić information content (AvgIpc) is 3.13. The normalized spacial score (nSPS) is 23.4. The van der Waals surface area contributed by atoms with Crippen LogP contribution in [0.15, 0.2) is 22.8 Å². The summed E-state index contributed by atoms with van der Waals surface area (Å²) in [6.07, 6.45) is 4.84. The monoisotopic (exact) mass is 262 g/mol. The number of rotatable bonds is 3. The molecule has 102 valence electrons. The number of hydrogen-bond acceptors (Lipinski definition) is 3. The van der Waals surface area contributed by atoms with Crippen molar-refractivity contribution >= 4 is 11.8 Å². The third-order valence-electron chi connectivity index (χ3n) is 3.94. The van der Waals surface area contributed by atoms with Crippen LogP contribution in [0.1, 0.15) is 31.4 Å². The molecule has 0 aliphatic carbocycles. The molecule has 5 nitrogen and oxygen atoms in total. The van der Waals surface area contributed by atoms with Crippen molar-refractivity contribution in [2.24, 2.45) is 0 Å². The molecule has 3 rings (SSSR count). The maximum absolute atomic E-state index is 12.4. The van der Waals surface area contributed by atoms with Crippen molar-refractivity contribution in [2.45, 2.75) is 38.3 Å². The van der Waals surface area contributed by atoms with Crippen LogP contribution in [0.3, 0.4) is 0 Å². The molecule has 2 aliphatic heterocycles. The van der Waals surface area contributed by atoms with Crippen molar-refractivity contribution in [3.63, 3.8) is 0 Å². The molecule has 0 bridgehead atoms. The zero-order valence-corrected chi connectivity index (χ0v) is 10.9. The molecule has 0 unspecified atom stereocenters. The third-order valence-corrected chi connectivity index (χ3v) is 3.94. The van der Waals surface area contributed by atoms with Gasteiger partial charge in [-0.05, 0) is 31.4 Å². The lowest BCUT2D eigenvalue weighted by atomic mass is 10.2. The Labute approximate surface area is 112 Å². The maximum Gasteiger partial charge on any atom is 0.245 e. The molecule has 2 fully saturated rings. The highest BCUT2D eigenvalue weighted by atomic mass is 16.3. The van der Waals surface area contributed by atoms with Gasteiger partial charge in [0.15, 0.2) is 0 Å². The van der Waals surface area contributed by atoms with Gasteiger partial charge >= 0.3 is 0 Å². The predicted octanol–water partition coefficient (Wildman–Crippen LogP) is 1.39. The summed E-state index contributed by atoms with van der Waals surface area (Å²) in [5, 5.41) is 0. The van der Waals surface area contributed by atoms with Gasteiger partial charge in [0.1, 0.15) is 11.8 Å². The molecule has 19 heavy (non-hydrogen) atoms. The summed E-state index contributed by atoms with van der Waals surface area (Å²) in [6, 6.07) is 3.34. The predicted molar refractivity (Wildman–Crippen MR) is 68.1 cm³/mol. The Morgan fingerprint density at radius 1 is 1.37 bits per heavy atom. The lowest BCUT2D eigenvalue weighted by molar-refractivity contribution is -0.141. The van der Waals surface area contributed by atoms with E-state index >= 15 is 0 Å². The Morgan fingerprint density at radius 3 is 2.84 bits per heavy atom. The lowest BCUT2D eigenvalue weighted by Crippen LogP contribution is -2.45. The van der Waals surface area contributed by atoms with E-state index in [1.165, 1.54) is 0 Å². The first kappa shape index (κ1) is 12.3. The highest BCUT2D eigenvalue weighted by molar-refractivity contribution is 5.91. The Hall–Kier alpha value is -1.78. The Bertz CT molecular complexity index is 463. The van der Waals surface area contributed by atoms with Gasteiger partial charge in [0.25, 0.3) is 0 Å². The molecule has 0 aromatic carbocycles. The number of amides is 2. The van der Waals surface area contributed by atoms with E-state index in [4.69, 9.17) is 4.42 Å². The van der Waals surface area contributed by atoms with Gasteiger partial charge in [0, 0.05) is 19.5 Å². The SMILES string of the molecule is O=C([C@@H]1CCC(=O)N1Cc1ccco1)N1CCCC1. The first-order valence-corrected chi connectivity index (χ1v) is 6.86. The van der Waals surface area contributed by atoms with Crippen molar-refractivity contribution in [3.8, 4) is 0 Å². The van der Waals surface area contributed by atoms with Crippen LogP contribution in [0.2, 0.25) is 0 Å². The molecule has 5 heteroatoms. The molecule has 1 aromatic rings. The van der Waals surface area contributed by atoms with E-state index in [1.807, 2.05) is 11.0 Å². The van der Waals surface area contributed by atoms with E-state index in [-0.39, 0.29) is 17.9 Å². The molecule has 2 amide bonds. The Morgan fingerprint density at radius 2 is 2.16 bits per heavy atom. The molecule has 2 aliphatic rings. The van der Waals surface area contributed by atoms with Crippen molar-refractivity contribution in [1.29, 1.82) is 0 Å². The summed E-state index contributed by atoms with van der Waals surface area (Å²) in [5.41, 5.74) is 0. The van der Waals surface area contributed by atoms with E-state index in [2.05, 4.69) is 0 Å². The summed E-state index contributed by atoms with van der Waals surface area (Å²) in [7, 11) is 0. The zero-order valence-electron chi connectivity index (χ0n) is 10.9. The minimum absolute atomic E-state index is 0.0500. The van der Waals surface area contributed by atoms with Crippen LogP contribution in [0, 0.1) is 0 Å². The molecular formula is C14H18N2O3. The van der Waals surface area contributed by atoms with Crippen molar-refractivity contribution in [3.05, 3.63) is 24.2 Å². The maximum atomic E-state index is 12.4. The summed E-state index contributed by atoms with van der Waals surface area (Å²) in [6.45, 7) is 2.06. The standard InChI is InChI=1S/C14H18N2O3/c17-13-6-5-12(14(18)15-7-1-2-8-15)16(13)10-11-4-3-9-19-11/h3-4,9,12H,1-2,5-8,10H2/t12-/m0/s1. The highest BCUT2D eigenvalue weighted by Crippen LogP contribution is 2.24. The fraction of sp³-hybridized carbons (Fsp3) is 0.571. The zero-order chi connectivity index (χ0) is 13.2. The molecule has 0 N–H and O–H groups in total. The molecule has 0 spiro atoms. The van der Waals surface area contributed by atoms with Crippen molar-refractivity contribution in [2.75, 3.05) is 13.1 Å². The second-order valence-corrected chi connectivity index (χ2v) is 5.19. The van der Waals surface area contributed by atoms with E-state index in [0.717, 1.165) is 31.7 Å². The lowest BCUT2D eigenvalue weighted by Gasteiger charge is -2.27. The number of hydrogen-bond donors (Lipinski definition) is 0. The number of nitrogens with zero attached hydrogens (tertiary/aromatic N) is 2. The van der Waals surface area contributed by atoms with Crippen LogP contribution >= 0.6 is 0 Å².